The molecule has 28 heavy (non-hydrogen) atoms. The van der Waals surface area contributed by atoms with Gasteiger partial charge in [-0.25, -0.2) is 4.98 Å². The molecule has 1 saturated heterocycles. The largest absolute Gasteiger partial charge is 0.474 e. The van der Waals surface area contributed by atoms with E-state index in [1.807, 2.05) is 19.9 Å². The van der Waals surface area contributed by atoms with Crippen molar-refractivity contribution in [3.05, 3.63) is 35.9 Å². The fourth-order valence-corrected chi connectivity index (χ4v) is 2.86. The van der Waals surface area contributed by atoms with E-state index in [2.05, 4.69) is 36.0 Å². The second-order valence-electron chi connectivity index (χ2n) is 6.75. The summed E-state index contributed by atoms with van der Waals surface area (Å²) < 4.78 is 16.5. The molecule has 10 heteroatoms. The van der Waals surface area contributed by atoms with E-state index in [0.717, 1.165) is 25.1 Å². The third kappa shape index (κ3) is 4.58. The van der Waals surface area contributed by atoms with E-state index in [-0.39, 0.29) is 12.2 Å². The summed E-state index contributed by atoms with van der Waals surface area (Å²) in [5.74, 6) is 3.00. The Morgan fingerprint density at radius 3 is 3.11 bits per heavy atom. The van der Waals surface area contributed by atoms with Crippen LogP contribution in [0.3, 0.4) is 0 Å². The van der Waals surface area contributed by atoms with Crippen LogP contribution in [0.1, 0.15) is 44.2 Å². The average Bonchev–Trinajstić information content (AvgIpc) is 3.42. The molecule has 148 valence electrons. The first-order valence-electron chi connectivity index (χ1n) is 9.29. The highest BCUT2D eigenvalue weighted by Gasteiger charge is 2.21. The molecule has 0 amide bonds. The number of aromatic nitrogens is 5. The third-order valence-corrected chi connectivity index (χ3v) is 4.09. The quantitative estimate of drug-likeness (QED) is 0.536. The fraction of sp³-hybridized carbons (Fsp3) is 0.444. The molecule has 1 unspecified atom stereocenters. The topological polar surface area (TPSA) is 123 Å². The monoisotopic (exact) mass is 385 g/mol. The van der Waals surface area contributed by atoms with Crippen LogP contribution in [0.4, 0.5) is 17.6 Å². The molecule has 3 aromatic rings. The zero-order valence-corrected chi connectivity index (χ0v) is 15.8. The summed E-state index contributed by atoms with van der Waals surface area (Å²) in [5, 5.41) is 17.3. The molecule has 4 rings (SSSR count). The Morgan fingerprint density at radius 1 is 1.36 bits per heavy atom. The van der Waals surface area contributed by atoms with Gasteiger partial charge in [0.1, 0.15) is 23.4 Å². The van der Waals surface area contributed by atoms with Crippen molar-refractivity contribution >= 4 is 17.6 Å². The molecule has 1 aliphatic heterocycles. The maximum atomic E-state index is 5.62. The van der Waals surface area contributed by atoms with Crippen LogP contribution in [0.25, 0.3) is 0 Å². The minimum absolute atomic E-state index is 0.0419. The first-order valence-corrected chi connectivity index (χ1v) is 9.29. The summed E-state index contributed by atoms with van der Waals surface area (Å²) >= 11 is 0. The van der Waals surface area contributed by atoms with Crippen molar-refractivity contribution in [3.63, 3.8) is 0 Å². The second kappa shape index (κ2) is 8.26. The van der Waals surface area contributed by atoms with Gasteiger partial charge in [-0.05, 0) is 32.8 Å². The standard InChI is InChI=1S/C18H23N7O3/c1-11(2)27-17-9-16(23-24-17)21-15-5-6-19-18(22-15)20-10-12-8-13(25-28-12)14-4-3-7-26-14/h5-6,8-9,11,14H,3-4,7,10H2,1-2H3,(H3,19,20,21,22,23,24). The number of nitrogens with zero attached hydrogens (tertiary/aromatic N) is 4. The summed E-state index contributed by atoms with van der Waals surface area (Å²) in [6.07, 6.45) is 3.80. The molecule has 0 saturated carbocycles. The molecule has 0 aromatic carbocycles. The first kappa shape index (κ1) is 18.2. The van der Waals surface area contributed by atoms with Crippen molar-refractivity contribution < 1.29 is 14.0 Å². The Balaban J connectivity index is 1.34. The van der Waals surface area contributed by atoms with Crippen LogP contribution >= 0.6 is 0 Å². The zero-order valence-electron chi connectivity index (χ0n) is 15.8. The molecule has 1 aliphatic rings. The lowest BCUT2D eigenvalue weighted by Crippen LogP contribution is -2.05. The number of hydrogen-bond acceptors (Lipinski definition) is 9. The van der Waals surface area contributed by atoms with E-state index in [1.165, 1.54) is 0 Å². The van der Waals surface area contributed by atoms with Gasteiger partial charge in [-0.2, -0.15) is 4.98 Å². The molecule has 1 fully saturated rings. The average molecular weight is 385 g/mol. The van der Waals surface area contributed by atoms with Gasteiger partial charge < -0.3 is 24.6 Å². The van der Waals surface area contributed by atoms with Crippen molar-refractivity contribution in [1.29, 1.82) is 0 Å². The summed E-state index contributed by atoms with van der Waals surface area (Å²) in [7, 11) is 0. The maximum absolute atomic E-state index is 5.62. The number of hydrogen-bond donors (Lipinski definition) is 3. The minimum Gasteiger partial charge on any atom is -0.474 e. The van der Waals surface area contributed by atoms with Gasteiger partial charge in [-0.1, -0.05) is 5.16 Å². The van der Waals surface area contributed by atoms with Crippen LogP contribution in [-0.2, 0) is 11.3 Å². The number of ether oxygens (including phenoxy) is 2. The van der Waals surface area contributed by atoms with Crippen LogP contribution in [0.2, 0.25) is 0 Å². The fourth-order valence-electron chi connectivity index (χ4n) is 2.86. The first-order chi connectivity index (χ1) is 13.7. The van der Waals surface area contributed by atoms with Crippen molar-refractivity contribution in [2.45, 2.75) is 45.4 Å². The van der Waals surface area contributed by atoms with Gasteiger partial charge in [-0.3, -0.25) is 5.10 Å². The van der Waals surface area contributed by atoms with Gasteiger partial charge in [0.05, 0.1) is 12.6 Å². The molecule has 0 aliphatic carbocycles. The van der Waals surface area contributed by atoms with Gasteiger partial charge in [0.15, 0.2) is 5.76 Å². The van der Waals surface area contributed by atoms with Crippen LogP contribution in [0.15, 0.2) is 28.9 Å². The Morgan fingerprint density at radius 2 is 2.29 bits per heavy atom. The van der Waals surface area contributed by atoms with Crippen LogP contribution in [0.5, 0.6) is 5.88 Å². The molecule has 0 radical (unpaired) electrons. The second-order valence-corrected chi connectivity index (χ2v) is 6.75. The number of nitrogens with one attached hydrogen (secondary N) is 3. The van der Waals surface area contributed by atoms with Crippen LogP contribution in [-0.4, -0.2) is 38.0 Å². The van der Waals surface area contributed by atoms with Crippen molar-refractivity contribution in [2.24, 2.45) is 0 Å². The van der Waals surface area contributed by atoms with Gasteiger partial charge in [-0.15, -0.1) is 5.10 Å². The lowest BCUT2D eigenvalue weighted by Gasteiger charge is -2.06. The number of H-pyrrole nitrogens is 1. The Hall–Kier alpha value is -3.14. The van der Waals surface area contributed by atoms with E-state index in [9.17, 15) is 0 Å². The highest BCUT2D eigenvalue weighted by molar-refractivity contribution is 5.53. The molecule has 0 spiro atoms. The third-order valence-electron chi connectivity index (χ3n) is 4.09. The van der Waals surface area contributed by atoms with Crippen molar-refractivity contribution in [1.82, 2.24) is 25.3 Å². The van der Waals surface area contributed by atoms with E-state index < -0.39 is 0 Å². The summed E-state index contributed by atoms with van der Waals surface area (Å²) in [4.78, 5) is 8.65. The molecular weight excluding hydrogens is 362 g/mol. The number of anilines is 3. The maximum Gasteiger partial charge on any atom is 0.234 e. The van der Waals surface area contributed by atoms with Gasteiger partial charge in [0.25, 0.3) is 0 Å². The summed E-state index contributed by atoms with van der Waals surface area (Å²) in [6, 6.07) is 5.45. The molecule has 3 aromatic heterocycles. The van der Waals surface area contributed by atoms with Crippen molar-refractivity contribution in [2.75, 3.05) is 17.2 Å². The van der Waals surface area contributed by atoms with Crippen LogP contribution < -0.4 is 15.4 Å². The molecule has 3 N–H and O–H groups in total. The Bertz CT molecular complexity index is 902. The summed E-state index contributed by atoms with van der Waals surface area (Å²) in [6.45, 7) is 5.10. The smallest absolute Gasteiger partial charge is 0.234 e. The van der Waals surface area contributed by atoms with Gasteiger partial charge >= 0.3 is 0 Å². The van der Waals surface area contributed by atoms with E-state index in [0.29, 0.717) is 35.8 Å². The lowest BCUT2D eigenvalue weighted by molar-refractivity contribution is 0.105. The van der Waals surface area contributed by atoms with Crippen LogP contribution in [0, 0.1) is 0 Å². The Labute approximate surface area is 162 Å². The van der Waals surface area contributed by atoms with Gasteiger partial charge in [0, 0.05) is 24.9 Å². The normalized spacial score (nSPS) is 16.5. The number of aromatic amines is 1. The highest BCUT2D eigenvalue weighted by atomic mass is 16.5. The molecule has 0 bridgehead atoms. The van der Waals surface area contributed by atoms with E-state index >= 15 is 0 Å². The molecule has 4 heterocycles. The highest BCUT2D eigenvalue weighted by Crippen LogP contribution is 2.28. The van der Waals surface area contributed by atoms with E-state index in [1.54, 1.807) is 18.3 Å². The van der Waals surface area contributed by atoms with Crippen molar-refractivity contribution in [3.8, 4) is 5.88 Å². The predicted molar refractivity (Wildman–Crippen MR) is 101 cm³/mol. The lowest BCUT2D eigenvalue weighted by atomic mass is 10.2. The molecule has 10 nitrogen and oxygen atoms in total. The van der Waals surface area contributed by atoms with E-state index in [4.69, 9.17) is 14.0 Å². The minimum atomic E-state index is 0.0419. The van der Waals surface area contributed by atoms with Gasteiger partial charge in [0.2, 0.25) is 11.8 Å². The predicted octanol–water partition coefficient (Wildman–Crippen LogP) is 3.18. The SMILES string of the molecule is CC(C)Oc1cc(Nc2ccnc(NCc3cc(C4CCCO4)no3)n2)[nH]n1. The number of rotatable bonds is 8. The molecular formula is C18H23N7O3. The Kier molecular flexibility index (Phi) is 5.38. The summed E-state index contributed by atoms with van der Waals surface area (Å²) in [5.41, 5.74) is 0.837. The zero-order chi connectivity index (χ0) is 19.3. The molecule has 1 atom stereocenters.